The zero-order chi connectivity index (χ0) is 20.3. The van der Waals surface area contributed by atoms with E-state index < -0.39 is 35.9 Å². The highest BCUT2D eigenvalue weighted by Gasteiger charge is 2.49. The molecule has 9 nitrogen and oxygen atoms in total. The number of amides is 4. The number of nitrogens with one attached hydrogen (secondary N) is 2. The van der Waals surface area contributed by atoms with Crippen LogP contribution in [-0.4, -0.2) is 55.5 Å². The van der Waals surface area contributed by atoms with Crippen molar-refractivity contribution >= 4 is 23.8 Å². The van der Waals surface area contributed by atoms with E-state index in [1.807, 2.05) is 0 Å². The molecule has 0 bridgehead atoms. The van der Waals surface area contributed by atoms with E-state index in [2.05, 4.69) is 10.6 Å². The van der Waals surface area contributed by atoms with E-state index in [0.29, 0.717) is 23.8 Å². The fraction of sp³-hybridized carbons (Fsp3) is 0.474. The molecule has 0 spiro atoms. The lowest BCUT2D eigenvalue weighted by Crippen LogP contribution is -2.44. The number of urea groups is 1. The first-order valence-corrected chi connectivity index (χ1v) is 9.04. The second-order valence-corrected chi connectivity index (χ2v) is 7.08. The predicted molar refractivity (Wildman–Crippen MR) is 97.3 cm³/mol. The highest BCUT2D eigenvalue weighted by atomic mass is 16.5. The normalized spacial score (nSPS) is 21.3. The molecule has 0 radical (unpaired) electrons. The predicted octanol–water partition coefficient (Wildman–Crippen LogP) is 0.532. The van der Waals surface area contributed by atoms with Gasteiger partial charge < -0.3 is 20.1 Å². The SMILES string of the molecule is COc1ccc(C2(C)NC(=O)N(CC(=O)NCC(=O)OCC3CC3)C2=O)cc1. The molecule has 1 unspecified atom stereocenters. The molecular weight excluding hydrogens is 366 g/mol. The van der Waals surface area contributed by atoms with E-state index in [1.54, 1.807) is 31.2 Å². The Bertz CT molecular complexity index is 789. The van der Waals surface area contributed by atoms with Crippen molar-refractivity contribution in [3.63, 3.8) is 0 Å². The molecule has 2 N–H and O–H groups in total. The molecule has 28 heavy (non-hydrogen) atoms. The number of benzene rings is 1. The highest BCUT2D eigenvalue weighted by molar-refractivity contribution is 6.09. The number of methoxy groups -OCH3 is 1. The molecule has 150 valence electrons. The van der Waals surface area contributed by atoms with Crippen LogP contribution in [0.5, 0.6) is 5.75 Å². The van der Waals surface area contributed by atoms with Crippen LogP contribution in [0.1, 0.15) is 25.3 Å². The lowest BCUT2D eigenvalue weighted by atomic mass is 9.92. The number of esters is 1. The highest BCUT2D eigenvalue weighted by Crippen LogP contribution is 2.30. The number of ether oxygens (including phenoxy) is 2. The number of carbonyl (C=O) groups excluding carboxylic acids is 4. The summed E-state index contributed by atoms with van der Waals surface area (Å²) >= 11 is 0. The van der Waals surface area contributed by atoms with Gasteiger partial charge in [0, 0.05) is 0 Å². The second-order valence-electron chi connectivity index (χ2n) is 7.08. The molecular formula is C19H23N3O6. The molecule has 1 aliphatic carbocycles. The smallest absolute Gasteiger partial charge is 0.325 e. The van der Waals surface area contributed by atoms with Gasteiger partial charge >= 0.3 is 12.0 Å². The van der Waals surface area contributed by atoms with Crippen LogP contribution in [-0.2, 0) is 24.7 Å². The van der Waals surface area contributed by atoms with Gasteiger partial charge in [0.1, 0.15) is 24.4 Å². The molecule has 1 aromatic carbocycles. The zero-order valence-electron chi connectivity index (χ0n) is 15.8. The van der Waals surface area contributed by atoms with Gasteiger partial charge in [-0.25, -0.2) is 4.79 Å². The van der Waals surface area contributed by atoms with Crippen LogP contribution >= 0.6 is 0 Å². The van der Waals surface area contributed by atoms with Gasteiger partial charge in [0.25, 0.3) is 5.91 Å². The van der Waals surface area contributed by atoms with Crippen LogP contribution in [0.4, 0.5) is 4.79 Å². The molecule has 0 aromatic heterocycles. The Balaban J connectivity index is 1.56. The average Bonchev–Trinajstić information content (AvgIpc) is 3.49. The lowest BCUT2D eigenvalue weighted by molar-refractivity contribution is -0.144. The summed E-state index contributed by atoms with van der Waals surface area (Å²) in [6.45, 7) is 1.15. The average molecular weight is 389 g/mol. The van der Waals surface area contributed by atoms with Gasteiger partial charge in [-0.2, -0.15) is 0 Å². The maximum Gasteiger partial charge on any atom is 0.325 e. The number of rotatable bonds is 8. The maximum atomic E-state index is 12.8. The van der Waals surface area contributed by atoms with E-state index in [-0.39, 0.29) is 6.54 Å². The first-order valence-electron chi connectivity index (χ1n) is 9.04. The maximum absolute atomic E-state index is 12.8. The summed E-state index contributed by atoms with van der Waals surface area (Å²) in [5.41, 5.74) is -0.717. The van der Waals surface area contributed by atoms with Crippen molar-refractivity contribution in [3.05, 3.63) is 29.8 Å². The Kier molecular flexibility index (Phi) is 5.53. The summed E-state index contributed by atoms with van der Waals surface area (Å²) in [6.07, 6.45) is 2.11. The van der Waals surface area contributed by atoms with Gasteiger partial charge in [0.15, 0.2) is 0 Å². The van der Waals surface area contributed by atoms with Crippen molar-refractivity contribution in [2.45, 2.75) is 25.3 Å². The first-order chi connectivity index (χ1) is 13.3. The summed E-state index contributed by atoms with van der Waals surface area (Å²) in [4.78, 5) is 49.5. The summed E-state index contributed by atoms with van der Waals surface area (Å²) in [5, 5.41) is 4.99. The minimum Gasteiger partial charge on any atom is -0.497 e. The molecule has 1 saturated heterocycles. The molecule has 1 atom stereocenters. The summed E-state index contributed by atoms with van der Waals surface area (Å²) in [6, 6.07) is 6.05. The molecule has 2 fully saturated rings. The molecule has 3 rings (SSSR count). The number of imide groups is 1. The molecule has 4 amide bonds. The van der Waals surface area contributed by atoms with Crippen LogP contribution in [0.25, 0.3) is 0 Å². The van der Waals surface area contributed by atoms with Crippen molar-refractivity contribution < 1.29 is 28.7 Å². The number of hydrogen-bond acceptors (Lipinski definition) is 6. The van der Waals surface area contributed by atoms with E-state index in [9.17, 15) is 19.2 Å². The van der Waals surface area contributed by atoms with Crippen LogP contribution in [0, 0.1) is 5.92 Å². The Morgan fingerprint density at radius 2 is 1.93 bits per heavy atom. The van der Waals surface area contributed by atoms with Crippen LogP contribution in [0.15, 0.2) is 24.3 Å². The van der Waals surface area contributed by atoms with Crippen LogP contribution in [0.3, 0.4) is 0 Å². The second kappa shape index (κ2) is 7.87. The van der Waals surface area contributed by atoms with Crippen molar-refractivity contribution in [2.75, 3.05) is 26.8 Å². The summed E-state index contributed by atoms with van der Waals surface area (Å²) in [5.74, 6) is -0.657. The van der Waals surface area contributed by atoms with Gasteiger partial charge in [-0.05, 0) is 43.4 Å². The molecule has 1 saturated carbocycles. The van der Waals surface area contributed by atoms with Gasteiger partial charge in [0.05, 0.1) is 13.7 Å². The monoisotopic (exact) mass is 389 g/mol. The van der Waals surface area contributed by atoms with Gasteiger partial charge in [-0.3, -0.25) is 19.3 Å². The third-order valence-electron chi connectivity index (χ3n) is 4.85. The van der Waals surface area contributed by atoms with E-state index in [0.717, 1.165) is 17.7 Å². The van der Waals surface area contributed by atoms with E-state index in [4.69, 9.17) is 9.47 Å². The standard InChI is InChI=1S/C19H23N3O6/c1-19(13-5-7-14(27-2)8-6-13)17(25)22(18(26)21-19)10-15(23)20-9-16(24)28-11-12-3-4-12/h5-8,12H,3-4,9-11H2,1-2H3,(H,20,23)(H,21,26). The Morgan fingerprint density at radius 1 is 1.25 bits per heavy atom. The summed E-state index contributed by atoms with van der Waals surface area (Å²) in [7, 11) is 1.53. The Labute approximate surface area is 162 Å². The number of nitrogens with zero attached hydrogens (tertiary/aromatic N) is 1. The third-order valence-corrected chi connectivity index (χ3v) is 4.85. The van der Waals surface area contributed by atoms with Crippen LogP contribution < -0.4 is 15.4 Å². The fourth-order valence-corrected chi connectivity index (χ4v) is 2.88. The number of carbonyl (C=O) groups is 4. The molecule has 2 aliphatic rings. The van der Waals surface area contributed by atoms with Crippen molar-refractivity contribution in [1.82, 2.24) is 15.5 Å². The van der Waals surface area contributed by atoms with Crippen molar-refractivity contribution in [3.8, 4) is 5.75 Å². The fourth-order valence-electron chi connectivity index (χ4n) is 2.88. The largest absolute Gasteiger partial charge is 0.497 e. The van der Waals surface area contributed by atoms with Crippen molar-refractivity contribution in [1.29, 1.82) is 0 Å². The van der Waals surface area contributed by atoms with Gasteiger partial charge in [-0.15, -0.1) is 0 Å². The quantitative estimate of drug-likeness (QED) is 0.495. The van der Waals surface area contributed by atoms with Gasteiger partial charge in [-0.1, -0.05) is 12.1 Å². The third kappa shape index (κ3) is 4.24. The first kappa shape index (κ1) is 19.7. The topological polar surface area (TPSA) is 114 Å². The summed E-state index contributed by atoms with van der Waals surface area (Å²) < 4.78 is 10.1. The number of hydrogen-bond donors (Lipinski definition) is 2. The minimum absolute atomic E-state index is 0.301. The molecule has 9 heteroatoms. The zero-order valence-corrected chi connectivity index (χ0v) is 15.8. The van der Waals surface area contributed by atoms with Gasteiger partial charge in [0.2, 0.25) is 5.91 Å². The van der Waals surface area contributed by atoms with Crippen LogP contribution in [0.2, 0.25) is 0 Å². The molecule has 1 aromatic rings. The Hall–Kier alpha value is -3.10. The van der Waals surface area contributed by atoms with E-state index >= 15 is 0 Å². The Morgan fingerprint density at radius 3 is 2.54 bits per heavy atom. The molecule has 1 aliphatic heterocycles. The van der Waals surface area contributed by atoms with E-state index in [1.165, 1.54) is 7.11 Å². The molecule has 1 heterocycles. The van der Waals surface area contributed by atoms with Crippen molar-refractivity contribution in [2.24, 2.45) is 5.92 Å². The lowest BCUT2D eigenvalue weighted by Gasteiger charge is -2.22. The minimum atomic E-state index is -1.28.